The van der Waals surface area contributed by atoms with Crippen molar-refractivity contribution in [2.24, 2.45) is 0 Å². The van der Waals surface area contributed by atoms with Gasteiger partial charge < -0.3 is 9.47 Å². The summed E-state index contributed by atoms with van der Waals surface area (Å²) in [6.07, 6.45) is 0. The number of rotatable bonds is 1. The Bertz CT molecular complexity index is 412. The molecule has 0 bridgehead atoms. The molecule has 14 heavy (non-hydrogen) atoms. The molecule has 1 aliphatic rings. The van der Waals surface area contributed by atoms with Crippen LogP contribution in [0.4, 0.5) is 0 Å². The third-order valence-electron chi connectivity index (χ3n) is 2.01. The van der Waals surface area contributed by atoms with Gasteiger partial charge in [0.05, 0.1) is 0 Å². The Morgan fingerprint density at radius 2 is 2.29 bits per heavy atom. The van der Waals surface area contributed by atoms with Crippen LogP contribution in [-0.4, -0.2) is 11.0 Å². The van der Waals surface area contributed by atoms with E-state index in [4.69, 9.17) is 21.7 Å². The first-order valence-corrected chi connectivity index (χ1v) is 4.56. The number of ketones is 1. The summed E-state index contributed by atoms with van der Waals surface area (Å²) in [4.78, 5) is 11.1. The summed E-state index contributed by atoms with van der Waals surface area (Å²) in [5, 5.41) is 0.109. The van der Waals surface area contributed by atoms with Gasteiger partial charge in [0.15, 0.2) is 5.78 Å². The average molecular weight is 208 g/mol. The van der Waals surface area contributed by atoms with E-state index in [0.717, 1.165) is 5.56 Å². The smallest absolute Gasteiger partial charge is 0.358 e. The Kier molecular flexibility index (Phi) is 2.21. The molecule has 0 saturated carbocycles. The molecule has 0 saturated heterocycles. The van der Waals surface area contributed by atoms with Gasteiger partial charge in [-0.15, -0.1) is 0 Å². The van der Waals surface area contributed by atoms with Crippen LogP contribution in [0, 0.1) is 0 Å². The van der Waals surface area contributed by atoms with Crippen LogP contribution in [0.2, 0.25) is 0 Å². The molecule has 3 nitrogen and oxygen atoms in total. The quantitative estimate of drug-likeness (QED) is 0.523. The molecule has 1 aromatic rings. The molecule has 2 rings (SSSR count). The minimum Gasteiger partial charge on any atom is -0.452 e. The van der Waals surface area contributed by atoms with E-state index in [0.29, 0.717) is 17.9 Å². The molecule has 0 radical (unpaired) electrons. The zero-order valence-electron chi connectivity index (χ0n) is 7.57. The van der Waals surface area contributed by atoms with Crippen LogP contribution in [0.15, 0.2) is 18.2 Å². The van der Waals surface area contributed by atoms with Crippen molar-refractivity contribution in [3.63, 3.8) is 0 Å². The van der Waals surface area contributed by atoms with Crippen LogP contribution >= 0.6 is 12.2 Å². The molecule has 0 amide bonds. The molecule has 1 heterocycles. The lowest BCUT2D eigenvalue weighted by Crippen LogP contribution is -2.17. The van der Waals surface area contributed by atoms with E-state index in [1.807, 2.05) is 6.07 Å². The molecular weight excluding hydrogens is 200 g/mol. The largest absolute Gasteiger partial charge is 0.452 e. The summed E-state index contributed by atoms with van der Waals surface area (Å²) in [5.41, 5.74) is 1.53. The lowest BCUT2D eigenvalue weighted by atomic mass is 10.1. The molecule has 0 N–H and O–H groups in total. The first-order valence-electron chi connectivity index (χ1n) is 4.15. The Balaban J connectivity index is 2.42. The van der Waals surface area contributed by atoms with Crippen molar-refractivity contribution >= 4 is 23.2 Å². The van der Waals surface area contributed by atoms with Crippen molar-refractivity contribution in [2.75, 3.05) is 0 Å². The highest BCUT2D eigenvalue weighted by molar-refractivity contribution is 7.79. The third kappa shape index (κ3) is 1.61. The highest BCUT2D eigenvalue weighted by Gasteiger charge is 2.16. The van der Waals surface area contributed by atoms with Gasteiger partial charge in [0.2, 0.25) is 0 Å². The van der Waals surface area contributed by atoms with E-state index in [-0.39, 0.29) is 11.0 Å². The fourth-order valence-electron chi connectivity index (χ4n) is 1.24. The highest BCUT2D eigenvalue weighted by atomic mass is 32.1. The van der Waals surface area contributed by atoms with Crippen molar-refractivity contribution in [1.29, 1.82) is 0 Å². The van der Waals surface area contributed by atoms with Gasteiger partial charge in [-0.1, -0.05) is 12.1 Å². The van der Waals surface area contributed by atoms with Gasteiger partial charge in [0.25, 0.3) is 0 Å². The van der Waals surface area contributed by atoms with E-state index in [2.05, 4.69) is 0 Å². The highest BCUT2D eigenvalue weighted by Crippen LogP contribution is 2.25. The van der Waals surface area contributed by atoms with Gasteiger partial charge in [-0.3, -0.25) is 4.79 Å². The lowest BCUT2D eigenvalue weighted by Gasteiger charge is -2.18. The van der Waals surface area contributed by atoms with Gasteiger partial charge in [-0.05, 0) is 13.0 Å². The Morgan fingerprint density at radius 1 is 1.50 bits per heavy atom. The predicted octanol–water partition coefficient (Wildman–Crippen LogP) is 2.08. The minimum absolute atomic E-state index is 0.00816. The van der Waals surface area contributed by atoms with Crippen molar-refractivity contribution in [3.8, 4) is 5.75 Å². The molecule has 0 fully saturated rings. The molecule has 4 heteroatoms. The second-order valence-electron chi connectivity index (χ2n) is 3.02. The van der Waals surface area contributed by atoms with E-state index < -0.39 is 0 Å². The minimum atomic E-state index is 0.00816. The lowest BCUT2D eigenvalue weighted by molar-refractivity contribution is 0.101. The van der Waals surface area contributed by atoms with Crippen LogP contribution in [0.5, 0.6) is 5.75 Å². The Labute approximate surface area is 86.6 Å². The fourth-order valence-corrected chi connectivity index (χ4v) is 1.39. The second-order valence-corrected chi connectivity index (χ2v) is 3.35. The topological polar surface area (TPSA) is 35.5 Å². The maximum absolute atomic E-state index is 11.1. The number of hydrogen-bond acceptors (Lipinski definition) is 4. The van der Waals surface area contributed by atoms with E-state index in [1.165, 1.54) is 6.92 Å². The maximum atomic E-state index is 11.1. The summed E-state index contributed by atoms with van der Waals surface area (Å²) >= 11 is 4.76. The number of hydrogen-bond donors (Lipinski definition) is 0. The summed E-state index contributed by atoms with van der Waals surface area (Å²) in [5.74, 6) is 0.628. The molecular formula is C10H8O3S. The van der Waals surface area contributed by atoms with Crippen molar-refractivity contribution in [3.05, 3.63) is 29.3 Å². The van der Waals surface area contributed by atoms with Gasteiger partial charge in [-0.2, -0.15) is 0 Å². The number of thiocarbonyl (C=S) groups is 1. The van der Waals surface area contributed by atoms with Gasteiger partial charge >= 0.3 is 5.24 Å². The van der Waals surface area contributed by atoms with Gasteiger partial charge in [-0.25, -0.2) is 0 Å². The van der Waals surface area contributed by atoms with E-state index in [9.17, 15) is 4.79 Å². The third-order valence-corrected chi connectivity index (χ3v) is 2.21. The molecule has 0 spiro atoms. The number of carbonyl (C=O) groups is 1. The van der Waals surface area contributed by atoms with E-state index >= 15 is 0 Å². The summed E-state index contributed by atoms with van der Waals surface area (Å²) in [6.45, 7) is 1.92. The molecule has 0 atom stereocenters. The number of benzene rings is 1. The SMILES string of the molecule is CC(=O)c1ccc2c(c1)OC(=S)OC2. The molecule has 0 aromatic heterocycles. The number of carbonyl (C=O) groups excluding carboxylic acids is 1. The predicted molar refractivity (Wildman–Crippen MR) is 54.5 cm³/mol. The number of fused-ring (bicyclic) bond motifs is 1. The Hall–Kier alpha value is -1.42. The normalized spacial score (nSPS) is 13.9. The van der Waals surface area contributed by atoms with Crippen molar-refractivity contribution < 1.29 is 14.3 Å². The Morgan fingerprint density at radius 3 is 3.00 bits per heavy atom. The summed E-state index contributed by atoms with van der Waals surface area (Å²) in [7, 11) is 0. The van der Waals surface area contributed by atoms with Crippen LogP contribution in [0.3, 0.4) is 0 Å². The molecule has 0 aliphatic carbocycles. The molecule has 1 aliphatic heterocycles. The first-order chi connectivity index (χ1) is 6.66. The molecule has 1 aromatic carbocycles. The monoisotopic (exact) mass is 208 g/mol. The zero-order chi connectivity index (χ0) is 10.1. The fraction of sp³-hybridized carbons (Fsp3) is 0.200. The van der Waals surface area contributed by atoms with Gasteiger partial charge in [0, 0.05) is 23.3 Å². The van der Waals surface area contributed by atoms with Crippen molar-refractivity contribution in [1.82, 2.24) is 0 Å². The molecule has 72 valence electrons. The first kappa shape index (κ1) is 9.15. The maximum Gasteiger partial charge on any atom is 0.358 e. The second kappa shape index (κ2) is 3.38. The van der Waals surface area contributed by atoms with Crippen LogP contribution < -0.4 is 4.74 Å². The van der Waals surface area contributed by atoms with Crippen LogP contribution in [0.25, 0.3) is 0 Å². The molecule has 0 unspecified atom stereocenters. The number of Topliss-reactive ketones (excluding diaryl/α,β-unsaturated/α-hetero) is 1. The average Bonchev–Trinajstić information content (AvgIpc) is 2.16. The van der Waals surface area contributed by atoms with Crippen LogP contribution in [-0.2, 0) is 11.3 Å². The summed E-state index contributed by atoms with van der Waals surface area (Å²) in [6, 6.07) is 5.25. The van der Waals surface area contributed by atoms with Crippen LogP contribution in [0.1, 0.15) is 22.8 Å². The van der Waals surface area contributed by atoms with Gasteiger partial charge in [0.1, 0.15) is 12.4 Å². The van der Waals surface area contributed by atoms with Crippen molar-refractivity contribution in [2.45, 2.75) is 13.5 Å². The standard InChI is InChI=1S/C10H8O3S/c1-6(11)7-2-3-8-5-12-10(14)13-9(8)4-7/h2-4H,5H2,1H3. The zero-order valence-corrected chi connectivity index (χ0v) is 8.39. The van der Waals surface area contributed by atoms with E-state index in [1.54, 1.807) is 12.1 Å². The summed E-state index contributed by atoms with van der Waals surface area (Å²) < 4.78 is 10.2. The number of ether oxygens (including phenoxy) is 2.